The lowest BCUT2D eigenvalue weighted by atomic mass is 9.89. The molecule has 2 heterocycles. The van der Waals surface area contributed by atoms with Crippen molar-refractivity contribution in [2.75, 3.05) is 19.6 Å². The number of likely N-dealkylation sites (tertiary alicyclic amines) is 1. The molecule has 0 aliphatic carbocycles. The van der Waals surface area contributed by atoms with Gasteiger partial charge in [-0.05, 0) is 54.8 Å². The summed E-state index contributed by atoms with van der Waals surface area (Å²) in [6.07, 6.45) is 5.21. The van der Waals surface area contributed by atoms with E-state index in [0.717, 1.165) is 38.0 Å². The van der Waals surface area contributed by atoms with Gasteiger partial charge in [-0.15, -0.1) is 0 Å². The number of nitrogens with zero attached hydrogens (tertiary/aromatic N) is 2. The average molecular weight is 300 g/mol. The van der Waals surface area contributed by atoms with E-state index in [1.165, 1.54) is 17.7 Å². The molecule has 0 saturated carbocycles. The van der Waals surface area contributed by atoms with Gasteiger partial charge in [0.15, 0.2) is 0 Å². The lowest BCUT2D eigenvalue weighted by Gasteiger charge is -2.22. The van der Waals surface area contributed by atoms with Crippen molar-refractivity contribution in [2.45, 2.75) is 24.9 Å². The zero-order chi connectivity index (χ0) is 15.4. The van der Waals surface area contributed by atoms with Crippen LogP contribution < -0.4 is 0 Å². The van der Waals surface area contributed by atoms with Gasteiger partial charge in [0.1, 0.15) is 5.82 Å². The molecule has 1 aromatic carbocycles. The predicted molar refractivity (Wildman–Crippen MR) is 84.2 cm³/mol. The summed E-state index contributed by atoms with van der Waals surface area (Å²) in [5.41, 5.74) is 2.31. The van der Waals surface area contributed by atoms with Crippen molar-refractivity contribution in [1.29, 1.82) is 0 Å². The summed E-state index contributed by atoms with van der Waals surface area (Å²) in [5, 5.41) is 9.64. The van der Waals surface area contributed by atoms with Gasteiger partial charge < -0.3 is 10.0 Å². The van der Waals surface area contributed by atoms with E-state index >= 15 is 0 Å². The molecule has 1 N–H and O–H groups in total. The first kappa shape index (κ1) is 15.1. The Morgan fingerprint density at radius 3 is 2.45 bits per heavy atom. The van der Waals surface area contributed by atoms with Crippen LogP contribution in [0.1, 0.15) is 29.9 Å². The Kier molecular flexibility index (Phi) is 4.80. The SMILES string of the molecule is OC1CCN(CCC(c2ccncc2)c2ccc(F)cc2)C1. The fourth-order valence-electron chi connectivity index (χ4n) is 3.14. The molecule has 0 bridgehead atoms. The molecule has 2 aromatic rings. The van der Waals surface area contributed by atoms with Crippen molar-refractivity contribution in [3.05, 3.63) is 65.7 Å². The maximum Gasteiger partial charge on any atom is 0.123 e. The maximum atomic E-state index is 13.2. The van der Waals surface area contributed by atoms with Gasteiger partial charge in [0.05, 0.1) is 6.10 Å². The lowest BCUT2D eigenvalue weighted by Crippen LogP contribution is -2.24. The zero-order valence-corrected chi connectivity index (χ0v) is 12.5. The van der Waals surface area contributed by atoms with E-state index in [1.54, 1.807) is 12.4 Å². The van der Waals surface area contributed by atoms with E-state index in [0.29, 0.717) is 0 Å². The number of aromatic nitrogens is 1. The smallest absolute Gasteiger partial charge is 0.123 e. The van der Waals surface area contributed by atoms with Crippen LogP contribution in [0, 0.1) is 5.82 Å². The highest BCUT2D eigenvalue weighted by Crippen LogP contribution is 2.28. The van der Waals surface area contributed by atoms with Crippen LogP contribution in [-0.2, 0) is 0 Å². The van der Waals surface area contributed by atoms with E-state index < -0.39 is 0 Å². The Hall–Kier alpha value is -1.78. The Morgan fingerprint density at radius 2 is 1.82 bits per heavy atom. The van der Waals surface area contributed by atoms with E-state index in [2.05, 4.69) is 9.88 Å². The first-order valence-corrected chi connectivity index (χ1v) is 7.78. The van der Waals surface area contributed by atoms with Gasteiger partial charge >= 0.3 is 0 Å². The molecule has 2 unspecified atom stereocenters. The van der Waals surface area contributed by atoms with Gasteiger partial charge in [-0.2, -0.15) is 0 Å². The minimum absolute atomic E-state index is 0.190. The third-order valence-corrected chi connectivity index (χ3v) is 4.36. The topological polar surface area (TPSA) is 36.4 Å². The first-order chi connectivity index (χ1) is 10.7. The number of hydrogen-bond donors (Lipinski definition) is 1. The summed E-state index contributed by atoms with van der Waals surface area (Å²) in [5.74, 6) is 0.0150. The third-order valence-electron chi connectivity index (χ3n) is 4.36. The molecule has 2 atom stereocenters. The molecule has 1 fully saturated rings. The number of β-amino-alcohol motifs (C(OH)–C–C–N with tert-alkyl or cyclic N) is 1. The van der Waals surface area contributed by atoms with Crippen LogP contribution in [-0.4, -0.2) is 40.7 Å². The molecule has 0 spiro atoms. The van der Waals surface area contributed by atoms with Crippen molar-refractivity contribution < 1.29 is 9.50 Å². The fraction of sp³-hybridized carbons (Fsp3) is 0.389. The number of aliphatic hydroxyl groups excluding tert-OH is 1. The second-order valence-corrected chi connectivity index (χ2v) is 5.92. The van der Waals surface area contributed by atoms with Gasteiger partial charge in [0.2, 0.25) is 0 Å². The molecule has 116 valence electrons. The van der Waals surface area contributed by atoms with E-state index in [1.807, 2.05) is 24.3 Å². The molecule has 0 radical (unpaired) electrons. The molecule has 4 heteroatoms. The summed E-state index contributed by atoms with van der Waals surface area (Å²) < 4.78 is 13.2. The van der Waals surface area contributed by atoms with Crippen LogP contribution in [0.3, 0.4) is 0 Å². The molecular formula is C18H21FN2O. The number of pyridine rings is 1. The number of hydrogen-bond acceptors (Lipinski definition) is 3. The van der Waals surface area contributed by atoms with Crippen LogP contribution in [0.4, 0.5) is 4.39 Å². The number of halogens is 1. The van der Waals surface area contributed by atoms with Gasteiger partial charge in [-0.25, -0.2) is 4.39 Å². The van der Waals surface area contributed by atoms with Crippen molar-refractivity contribution in [3.63, 3.8) is 0 Å². The average Bonchev–Trinajstić information content (AvgIpc) is 2.96. The Labute approximate surface area is 130 Å². The van der Waals surface area contributed by atoms with Crippen molar-refractivity contribution in [1.82, 2.24) is 9.88 Å². The van der Waals surface area contributed by atoms with E-state index in [-0.39, 0.29) is 17.8 Å². The molecule has 1 aliphatic rings. The third kappa shape index (κ3) is 3.70. The summed E-state index contributed by atoms with van der Waals surface area (Å²) in [6.45, 7) is 2.64. The highest BCUT2D eigenvalue weighted by atomic mass is 19.1. The Bertz CT molecular complexity index is 588. The largest absolute Gasteiger partial charge is 0.392 e. The van der Waals surface area contributed by atoms with E-state index in [9.17, 15) is 9.50 Å². The Morgan fingerprint density at radius 1 is 1.14 bits per heavy atom. The summed E-state index contributed by atoms with van der Waals surface area (Å²) >= 11 is 0. The second-order valence-electron chi connectivity index (χ2n) is 5.92. The van der Waals surface area contributed by atoms with Gasteiger partial charge in [0.25, 0.3) is 0 Å². The van der Waals surface area contributed by atoms with Gasteiger partial charge in [0, 0.05) is 31.4 Å². The van der Waals surface area contributed by atoms with Crippen LogP contribution >= 0.6 is 0 Å². The number of benzene rings is 1. The monoisotopic (exact) mass is 300 g/mol. The molecule has 22 heavy (non-hydrogen) atoms. The molecule has 1 aromatic heterocycles. The maximum absolute atomic E-state index is 13.2. The van der Waals surface area contributed by atoms with Gasteiger partial charge in [-0.1, -0.05) is 12.1 Å². The van der Waals surface area contributed by atoms with Crippen molar-refractivity contribution >= 4 is 0 Å². The summed E-state index contributed by atoms with van der Waals surface area (Å²) in [7, 11) is 0. The summed E-state index contributed by atoms with van der Waals surface area (Å²) in [4.78, 5) is 6.37. The lowest BCUT2D eigenvalue weighted by molar-refractivity contribution is 0.175. The zero-order valence-electron chi connectivity index (χ0n) is 12.5. The Balaban J connectivity index is 1.76. The predicted octanol–water partition coefficient (Wildman–Crippen LogP) is 2.81. The van der Waals surface area contributed by atoms with Crippen LogP contribution in [0.2, 0.25) is 0 Å². The molecule has 3 rings (SSSR count). The number of aliphatic hydroxyl groups is 1. The molecule has 1 aliphatic heterocycles. The molecule has 3 nitrogen and oxygen atoms in total. The first-order valence-electron chi connectivity index (χ1n) is 7.78. The van der Waals surface area contributed by atoms with Crippen LogP contribution in [0.15, 0.2) is 48.8 Å². The minimum atomic E-state index is -0.208. The standard InChI is InChI=1S/C18H21FN2O/c19-16-3-1-14(2-4-16)18(15-5-9-20-10-6-15)8-12-21-11-7-17(22)13-21/h1-6,9-10,17-18,22H,7-8,11-13H2. The quantitative estimate of drug-likeness (QED) is 0.922. The number of rotatable bonds is 5. The highest BCUT2D eigenvalue weighted by Gasteiger charge is 2.22. The van der Waals surface area contributed by atoms with Gasteiger partial charge in [-0.3, -0.25) is 4.98 Å². The molecular weight excluding hydrogens is 279 g/mol. The molecule has 0 amide bonds. The summed E-state index contributed by atoms with van der Waals surface area (Å²) in [6, 6.07) is 10.8. The van der Waals surface area contributed by atoms with Crippen molar-refractivity contribution in [3.8, 4) is 0 Å². The van der Waals surface area contributed by atoms with Crippen LogP contribution in [0.5, 0.6) is 0 Å². The second kappa shape index (κ2) is 6.99. The normalized spacial score (nSPS) is 20.2. The fourth-order valence-corrected chi connectivity index (χ4v) is 3.14. The van der Waals surface area contributed by atoms with Crippen molar-refractivity contribution in [2.24, 2.45) is 0 Å². The van der Waals surface area contributed by atoms with Crippen LogP contribution in [0.25, 0.3) is 0 Å². The molecule has 1 saturated heterocycles. The highest BCUT2D eigenvalue weighted by molar-refractivity contribution is 5.31. The van der Waals surface area contributed by atoms with E-state index in [4.69, 9.17) is 0 Å². The minimum Gasteiger partial charge on any atom is -0.392 e.